The summed E-state index contributed by atoms with van der Waals surface area (Å²) in [6.45, 7) is 7.30. The van der Waals surface area contributed by atoms with Crippen LogP contribution in [0.3, 0.4) is 0 Å². The number of ether oxygens (including phenoxy) is 4. The molecule has 3 atom stereocenters. The molecule has 0 heterocycles. The third-order valence-electron chi connectivity index (χ3n) is 5.79. The van der Waals surface area contributed by atoms with Gasteiger partial charge in [0.25, 0.3) is 7.82 Å². The lowest BCUT2D eigenvalue weighted by molar-refractivity contribution is -0.223. The lowest BCUT2D eigenvalue weighted by Crippen LogP contribution is -2.44. The molecule has 262 valence electrons. The monoisotopic (exact) mass is 669 g/mol. The Bertz CT molecular complexity index is 894. The Labute approximate surface area is 264 Å². The van der Waals surface area contributed by atoms with Gasteiger partial charge in [-0.2, -0.15) is 0 Å². The first-order chi connectivity index (χ1) is 21.3. The maximum atomic E-state index is 12.6. The Morgan fingerprint density at radius 1 is 0.733 bits per heavy atom. The van der Waals surface area contributed by atoms with E-state index >= 15 is 0 Å². The number of nitrogens with zero attached hydrogens (tertiary/aromatic N) is 1. The molecule has 45 heavy (non-hydrogen) atoms. The van der Waals surface area contributed by atoms with Gasteiger partial charge in [0.05, 0.1) is 26.4 Å². The topological polar surface area (TPSA) is 220 Å². The lowest BCUT2D eigenvalue weighted by atomic mass is 10.2. The number of unbranched alkanes of at least 4 members (excludes halogenated alkanes) is 3. The van der Waals surface area contributed by atoms with Crippen LogP contribution in [0, 0.1) is 0 Å². The van der Waals surface area contributed by atoms with E-state index < -0.39 is 44.0 Å². The van der Waals surface area contributed by atoms with Gasteiger partial charge in [0.1, 0.15) is 25.3 Å². The molecule has 0 fully saturated rings. The average molecular weight is 670 g/mol. The molecule has 0 aliphatic heterocycles. The molecule has 3 N–H and O–H groups in total. The first-order valence-corrected chi connectivity index (χ1v) is 16.5. The number of nitrogens with one attached hydrogen (secondary N) is 3. The fourth-order valence-electron chi connectivity index (χ4n) is 3.31. The maximum Gasteiger partial charge on any atom is 0.407 e. The van der Waals surface area contributed by atoms with Gasteiger partial charge in [-0.15, -0.1) is 0 Å². The zero-order valence-electron chi connectivity index (χ0n) is 27.0. The van der Waals surface area contributed by atoms with Crippen LogP contribution >= 0.6 is 7.82 Å². The molecule has 0 spiro atoms. The summed E-state index contributed by atoms with van der Waals surface area (Å²) < 4.78 is 40.2. The number of esters is 2. The predicted octanol–water partition coefficient (Wildman–Crippen LogP) is 1.23. The molecule has 0 radical (unpaired) electrons. The largest absolute Gasteiger partial charge is 0.756 e. The molecule has 3 amide bonds. The van der Waals surface area contributed by atoms with E-state index in [0.717, 1.165) is 13.5 Å². The summed E-state index contributed by atoms with van der Waals surface area (Å²) in [5.41, 5.74) is 0. The Balaban J connectivity index is 4.75. The van der Waals surface area contributed by atoms with Gasteiger partial charge in [-0.05, 0) is 39.5 Å². The molecule has 0 saturated carbocycles. The van der Waals surface area contributed by atoms with Gasteiger partial charge in [0.15, 0.2) is 0 Å². The van der Waals surface area contributed by atoms with Crippen LogP contribution in [0.1, 0.15) is 66.2 Å². The normalized spacial score (nSPS) is 13.6. The van der Waals surface area contributed by atoms with Gasteiger partial charge >= 0.3 is 24.1 Å². The van der Waals surface area contributed by atoms with E-state index in [2.05, 4.69) is 25.0 Å². The second kappa shape index (κ2) is 25.2. The Morgan fingerprint density at radius 2 is 1.22 bits per heavy atom. The molecule has 17 nitrogen and oxygen atoms in total. The van der Waals surface area contributed by atoms with Gasteiger partial charge < -0.3 is 48.8 Å². The summed E-state index contributed by atoms with van der Waals surface area (Å²) in [6, 6.07) is -1.91. The highest BCUT2D eigenvalue weighted by Gasteiger charge is 2.20. The second-order valence-corrected chi connectivity index (χ2v) is 11.4. The third-order valence-corrected chi connectivity index (χ3v) is 6.73. The number of alkyl carbamates (subject to hydrolysis) is 2. The van der Waals surface area contributed by atoms with E-state index in [4.69, 9.17) is 18.9 Å². The minimum absolute atomic E-state index is 0.0145. The first kappa shape index (κ1) is 42.0. The molecular weight excluding hydrogens is 619 g/mol. The molecule has 0 saturated heterocycles. The van der Waals surface area contributed by atoms with Crippen LogP contribution in [0.5, 0.6) is 0 Å². The molecule has 3 unspecified atom stereocenters. The summed E-state index contributed by atoms with van der Waals surface area (Å²) in [6.07, 6.45) is 2.36. The molecule has 0 aliphatic rings. The highest BCUT2D eigenvalue weighted by Crippen LogP contribution is 2.36. The van der Waals surface area contributed by atoms with Crippen molar-refractivity contribution in [3.05, 3.63) is 0 Å². The van der Waals surface area contributed by atoms with Crippen molar-refractivity contribution in [2.24, 2.45) is 0 Å². The van der Waals surface area contributed by atoms with E-state index in [1.807, 2.05) is 13.8 Å². The Hall–Kier alpha value is -2.98. The molecule has 0 bridgehead atoms. The van der Waals surface area contributed by atoms with Gasteiger partial charge in [-0.25, -0.2) is 19.2 Å². The molecule has 0 aromatic heterocycles. The fourth-order valence-corrected chi connectivity index (χ4v) is 3.77. The highest BCUT2D eigenvalue weighted by molar-refractivity contribution is 7.45. The van der Waals surface area contributed by atoms with Gasteiger partial charge in [-0.3, -0.25) is 14.3 Å². The average Bonchev–Trinajstić information content (AvgIpc) is 2.99. The quantitative estimate of drug-likeness (QED) is 0.0539. The predicted molar refractivity (Wildman–Crippen MR) is 159 cm³/mol. The van der Waals surface area contributed by atoms with E-state index in [1.165, 1.54) is 13.8 Å². The fraction of sp³-hybridized carbons (Fsp3) is 0.815. The van der Waals surface area contributed by atoms with Crippen molar-refractivity contribution in [1.29, 1.82) is 0 Å². The van der Waals surface area contributed by atoms with E-state index in [9.17, 15) is 33.4 Å². The molecule has 18 heteroatoms. The van der Waals surface area contributed by atoms with Crippen LogP contribution in [0.25, 0.3) is 0 Å². The summed E-state index contributed by atoms with van der Waals surface area (Å²) in [5, 5.41) is 7.53. The maximum absolute atomic E-state index is 12.6. The van der Waals surface area contributed by atoms with Crippen molar-refractivity contribution in [2.75, 3.05) is 66.3 Å². The molecular formula is C27H50N4O13P-. The Kier molecular flexibility index (Phi) is 23.6. The zero-order chi connectivity index (χ0) is 34.1. The van der Waals surface area contributed by atoms with E-state index in [-0.39, 0.29) is 58.6 Å². The Morgan fingerprint density at radius 3 is 1.69 bits per heavy atom. The molecule has 0 aromatic carbocycles. The number of carbonyl (C=O) groups is 5. The SMILES string of the molecule is CCCOC(=O)NC(C)C(=O)OCCN(CCOC(=O)C(C)NC(=O)OCCC)CC(=O)NCCCCCCOP(=O)([O-])OC. The van der Waals surface area contributed by atoms with Crippen molar-refractivity contribution in [2.45, 2.75) is 78.3 Å². The zero-order valence-corrected chi connectivity index (χ0v) is 27.9. The standard InChI is InChI=1S/C27H51N4O13P/c1-6-15-42-26(35)29-21(3)24(33)40-18-13-31(14-19-41-25(34)22(4)30-27(36)43-16-7-2)20-23(32)28-12-10-8-9-11-17-44-45(37,38)39-5/h21-22H,6-20H2,1-5H3,(H,28,32)(H,29,35)(H,30,36)(H,37,38)/p-1. The van der Waals surface area contributed by atoms with E-state index in [0.29, 0.717) is 38.6 Å². The number of phosphoric ester groups is 1. The van der Waals surface area contributed by atoms with Crippen LogP contribution in [0.2, 0.25) is 0 Å². The number of amides is 3. The minimum Gasteiger partial charge on any atom is -0.756 e. The van der Waals surface area contributed by atoms with Crippen LogP contribution < -0.4 is 20.8 Å². The number of carbonyl (C=O) groups excluding carboxylic acids is 5. The summed E-state index contributed by atoms with van der Waals surface area (Å²) in [4.78, 5) is 73.2. The second-order valence-electron chi connectivity index (χ2n) is 9.84. The van der Waals surface area contributed by atoms with Crippen molar-refractivity contribution in [3.63, 3.8) is 0 Å². The highest BCUT2D eigenvalue weighted by atomic mass is 31.2. The summed E-state index contributed by atoms with van der Waals surface area (Å²) >= 11 is 0. The number of hydrogen-bond donors (Lipinski definition) is 3. The lowest BCUT2D eigenvalue weighted by Gasteiger charge is -2.22. The van der Waals surface area contributed by atoms with Crippen molar-refractivity contribution in [3.8, 4) is 0 Å². The van der Waals surface area contributed by atoms with Crippen molar-refractivity contribution in [1.82, 2.24) is 20.9 Å². The van der Waals surface area contributed by atoms with Crippen LogP contribution in [0.15, 0.2) is 0 Å². The van der Waals surface area contributed by atoms with Crippen LogP contribution in [-0.2, 0) is 46.9 Å². The minimum atomic E-state index is -4.23. The van der Waals surface area contributed by atoms with Crippen molar-refractivity contribution >= 4 is 37.9 Å². The summed E-state index contributed by atoms with van der Waals surface area (Å²) in [7, 11) is -3.20. The van der Waals surface area contributed by atoms with Crippen LogP contribution in [0.4, 0.5) is 9.59 Å². The number of hydrogen-bond acceptors (Lipinski definition) is 14. The third kappa shape index (κ3) is 23.1. The molecule has 0 aromatic rings. The summed E-state index contributed by atoms with van der Waals surface area (Å²) in [5.74, 6) is -1.70. The smallest absolute Gasteiger partial charge is 0.407 e. The van der Waals surface area contributed by atoms with Gasteiger partial charge in [0, 0.05) is 26.7 Å². The first-order valence-electron chi connectivity index (χ1n) is 15.0. The van der Waals surface area contributed by atoms with Gasteiger partial charge in [-0.1, -0.05) is 26.7 Å². The van der Waals surface area contributed by atoms with Crippen molar-refractivity contribution < 1.29 is 61.4 Å². The molecule has 0 aliphatic carbocycles. The molecule has 0 rings (SSSR count). The number of rotatable bonds is 25. The number of phosphoric acid groups is 1. The van der Waals surface area contributed by atoms with E-state index in [1.54, 1.807) is 4.90 Å². The van der Waals surface area contributed by atoms with Gasteiger partial charge in [0.2, 0.25) is 5.91 Å². The van der Waals surface area contributed by atoms with Crippen LogP contribution in [-0.4, -0.2) is 113 Å².